The third-order valence-corrected chi connectivity index (χ3v) is 6.67. The summed E-state index contributed by atoms with van der Waals surface area (Å²) in [5, 5.41) is 12.3. The number of nitrogens with one attached hydrogen (secondary N) is 1. The molecule has 2 N–H and O–H groups in total. The van der Waals surface area contributed by atoms with Gasteiger partial charge in [-0.1, -0.05) is 48.5 Å². The normalized spacial score (nSPS) is 11.4. The molecule has 224 valence electrons. The number of carbonyl (C=O) groups is 2. The molecule has 9 nitrogen and oxygen atoms in total. The number of carboxylic acids is 1. The highest BCUT2D eigenvalue weighted by molar-refractivity contribution is 5.86. The number of nitrogens with zero attached hydrogens (tertiary/aromatic N) is 1. The maximum absolute atomic E-state index is 12.9. The lowest BCUT2D eigenvalue weighted by Crippen LogP contribution is -2.35. The van der Waals surface area contributed by atoms with Gasteiger partial charge in [-0.05, 0) is 73.2 Å². The number of carboxylic acid groups (broad SMARTS) is 1. The summed E-state index contributed by atoms with van der Waals surface area (Å²) in [5.41, 5.74) is 3.32. The maximum Gasteiger partial charge on any atom is 0.334 e. The SMILES string of the molecule is Cc1oc(-c2ccccc2)nc1CCOc1ccc(NC(CC(=O)O)C(=O)Oc2ccc(OCc3ccccc3)cc2)cc1. The Hall–Kier alpha value is -5.57. The predicted octanol–water partition coefficient (Wildman–Crippen LogP) is 6.71. The van der Waals surface area contributed by atoms with E-state index in [0.717, 1.165) is 22.6 Å². The number of aromatic nitrogens is 1. The Morgan fingerprint density at radius 2 is 1.43 bits per heavy atom. The van der Waals surface area contributed by atoms with Crippen molar-refractivity contribution in [1.82, 2.24) is 4.98 Å². The average Bonchev–Trinajstić information content (AvgIpc) is 3.42. The van der Waals surface area contributed by atoms with Crippen LogP contribution in [0.25, 0.3) is 11.5 Å². The predicted molar refractivity (Wildman–Crippen MR) is 165 cm³/mol. The van der Waals surface area contributed by atoms with E-state index in [1.807, 2.05) is 67.6 Å². The Kier molecular flexibility index (Phi) is 9.89. The molecule has 1 heterocycles. The van der Waals surface area contributed by atoms with Crippen molar-refractivity contribution in [2.75, 3.05) is 11.9 Å². The molecule has 4 aromatic carbocycles. The first-order chi connectivity index (χ1) is 21.4. The fraction of sp³-hybridized carbons (Fsp3) is 0.171. The van der Waals surface area contributed by atoms with Gasteiger partial charge in [0.05, 0.1) is 18.7 Å². The van der Waals surface area contributed by atoms with Crippen LogP contribution in [0.1, 0.15) is 23.4 Å². The summed E-state index contributed by atoms with van der Waals surface area (Å²) in [5.74, 6) is 0.979. The van der Waals surface area contributed by atoms with Crippen molar-refractivity contribution in [3.05, 3.63) is 126 Å². The first-order valence-electron chi connectivity index (χ1n) is 14.1. The minimum absolute atomic E-state index is 0.279. The first kappa shape index (κ1) is 29.9. The van der Waals surface area contributed by atoms with E-state index in [9.17, 15) is 14.7 Å². The number of oxazole rings is 1. The van der Waals surface area contributed by atoms with Crippen molar-refractivity contribution >= 4 is 17.6 Å². The number of aliphatic carboxylic acids is 1. The van der Waals surface area contributed by atoms with E-state index < -0.39 is 24.4 Å². The lowest BCUT2D eigenvalue weighted by Gasteiger charge is -2.17. The molecule has 0 aliphatic heterocycles. The van der Waals surface area contributed by atoms with Crippen LogP contribution >= 0.6 is 0 Å². The third kappa shape index (κ3) is 8.48. The molecule has 1 unspecified atom stereocenters. The van der Waals surface area contributed by atoms with Gasteiger partial charge in [-0.2, -0.15) is 0 Å². The van der Waals surface area contributed by atoms with E-state index in [-0.39, 0.29) is 5.75 Å². The lowest BCUT2D eigenvalue weighted by molar-refractivity contribution is -0.143. The molecule has 44 heavy (non-hydrogen) atoms. The highest BCUT2D eigenvalue weighted by atomic mass is 16.5. The van der Waals surface area contributed by atoms with Gasteiger partial charge in [0.1, 0.15) is 35.7 Å². The number of ether oxygens (including phenoxy) is 3. The second-order valence-electron chi connectivity index (χ2n) is 9.97. The van der Waals surface area contributed by atoms with Gasteiger partial charge in [0.2, 0.25) is 5.89 Å². The van der Waals surface area contributed by atoms with Crippen molar-refractivity contribution in [3.8, 4) is 28.7 Å². The summed E-state index contributed by atoms with van der Waals surface area (Å²) >= 11 is 0. The number of benzene rings is 4. The molecule has 0 radical (unpaired) electrons. The summed E-state index contributed by atoms with van der Waals surface area (Å²) in [4.78, 5) is 29.0. The standard InChI is InChI=1S/C35H32N2O7/c1-24-31(37-34(43-24)26-10-6-3-7-11-26)20-21-41-28-14-12-27(13-15-28)36-32(22-33(38)39)35(40)44-30-18-16-29(17-19-30)42-23-25-8-4-2-5-9-25/h2-19,32,36H,20-23H2,1H3,(H,38,39). The molecular formula is C35H32N2O7. The smallest absolute Gasteiger partial charge is 0.334 e. The minimum atomic E-state index is -1.14. The van der Waals surface area contributed by atoms with Gasteiger partial charge < -0.3 is 29.1 Å². The Labute approximate surface area is 255 Å². The van der Waals surface area contributed by atoms with E-state index >= 15 is 0 Å². The second-order valence-corrected chi connectivity index (χ2v) is 9.97. The monoisotopic (exact) mass is 592 g/mol. The molecule has 0 bridgehead atoms. The van der Waals surface area contributed by atoms with Gasteiger partial charge in [0.15, 0.2) is 0 Å². The van der Waals surface area contributed by atoms with E-state index in [1.54, 1.807) is 48.5 Å². The first-order valence-corrected chi connectivity index (χ1v) is 14.1. The van der Waals surface area contributed by atoms with Crippen LogP contribution in [0.5, 0.6) is 17.2 Å². The van der Waals surface area contributed by atoms with E-state index in [2.05, 4.69) is 10.3 Å². The number of hydrogen-bond donors (Lipinski definition) is 2. The van der Waals surface area contributed by atoms with E-state index in [0.29, 0.717) is 42.7 Å². The largest absolute Gasteiger partial charge is 0.493 e. The van der Waals surface area contributed by atoms with Gasteiger partial charge >= 0.3 is 11.9 Å². The van der Waals surface area contributed by atoms with Crippen LogP contribution in [-0.4, -0.2) is 34.7 Å². The van der Waals surface area contributed by atoms with E-state index in [1.165, 1.54) is 0 Å². The zero-order chi connectivity index (χ0) is 30.7. The summed E-state index contributed by atoms with van der Waals surface area (Å²) < 4.78 is 22.9. The van der Waals surface area contributed by atoms with E-state index in [4.69, 9.17) is 18.6 Å². The Morgan fingerprint density at radius 3 is 2.11 bits per heavy atom. The highest BCUT2D eigenvalue weighted by Crippen LogP contribution is 2.23. The van der Waals surface area contributed by atoms with Gasteiger partial charge in [-0.25, -0.2) is 9.78 Å². The Balaban J connectivity index is 1.12. The number of hydrogen-bond acceptors (Lipinski definition) is 8. The van der Waals surface area contributed by atoms with Gasteiger partial charge in [-0.15, -0.1) is 0 Å². The molecule has 1 atom stereocenters. The third-order valence-electron chi connectivity index (χ3n) is 6.67. The molecule has 0 aliphatic rings. The summed E-state index contributed by atoms with van der Waals surface area (Å²) in [6.07, 6.45) is 0.103. The average molecular weight is 593 g/mol. The summed E-state index contributed by atoms with van der Waals surface area (Å²) in [6, 6.07) is 31.8. The van der Waals surface area contributed by atoms with Crippen molar-refractivity contribution in [2.24, 2.45) is 0 Å². The molecule has 0 fully saturated rings. The van der Waals surface area contributed by atoms with Crippen molar-refractivity contribution in [3.63, 3.8) is 0 Å². The molecule has 0 amide bonds. The second kappa shape index (κ2) is 14.6. The number of anilines is 1. The zero-order valence-electron chi connectivity index (χ0n) is 24.1. The topological polar surface area (TPSA) is 120 Å². The molecule has 9 heteroatoms. The van der Waals surface area contributed by atoms with Gasteiger partial charge in [0, 0.05) is 17.7 Å². The molecule has 5 aromatic rings. The van der Waals surface area contributed by atoms with Crippen molar-refractivity contribution < 1.29 is 33.3 Å². The number of aryl methyl sites for hydroxylation is 1. The van der Waals surface area contributed by atoms with Crippen molar-refractivity contribution in [1.29, 1.82) is 0 Å². The summed E-state index contributed by atoms with van der Waals surface area (Å²) in [6.45, 7) is 2.67. The molecule has 0 saturated carbocycles. The highest BCUT2D eigenvalue weighted by Gasteiger charge is 2.24. The quantitative estimate of drug-likeness (QED) is 0.107. The van der Waals surface area contributed by atoms with Crippen LogP contribution in [0.4, 0.5) is 5.69 Å². The summed E-state index contributed by atoms with van der Waals surface area (Å²) in [7, 11) is 0. The van der Waals surface area contributed by atoms with Gasteiger partial charge in [0.25, 0.3) is 0 Å². The van der Waals surface area contributed by atoms with Gasteiger partial charge in [-0.3, -0.25) is 4.79 Å². The number of carbonyl (C=O) groups excluding carboxylic acids is 1. The zero-order valence-corrected chi connectivity index (χ0v) is 24.1. The number of esters is 1. The fourth-order valence-electron chi connectivity index (χ4n) is 4.38. The molecule has 0 aliphatic carbocycles. The van der Waals surface area contributed by atoms with Crippen LogP contribution < -0.4 is 19.5 Å². The molecule has 0 saturated heterocycles. The minimum Gasteiger partial charge on any atom is -0.493 e. The van der Waals surface area contributed by atoms with Crippen LogP contribution in [-0.2, 0) is 22.6 Å². The van der Waals surface area contributed by atoms with Crippen LogP contribution in [0.15, 0.2) is 114 Å². The molecule has 5 rings (SSSR count). The maximum atomic E-state index is 12.9. The Morgan fingerprint density at radius 1 is 0.818 bits per heavy atom. The lowest BCUT2D eigenvalue weighted by atomic mass is 10.2. The van der Waals surface area contributed by atoms with Crippen molar-refractivity contribution in [2.45, 2.75) is 32.4 Å². The fourth-order valence-corrected chi connectivity index (χ4v) is 4.38. The Bertz CT molecular complexity index is 1650. The molecule has 0 spiro atoms. The van der Waals surface area contributed by atoms with Crippen LogP contribution in [0.2, 0.25) is 0 Å². The molecular weight excluding hydrogens is 560 g/mol. The number of rotatable bonds is 14. The molecule has 1 aromatic heterocycles. The van der Waals surface area contributed by atoms with Crippen LogP contribution in [0.3, 0.4) is 0 Å². The van der Waals surface area contributed by atoms with Crippen LogP contribution in [0, 0.1) is 6.92 Å².